The van der Waals surface area contributed by atoms with E-state index in [9.17, 15) is 9.59 Å². The second-order valence-electron chi connectivity index (χ2n) is 6.66. The summed E-state index contributed by atoms with van der Waals surface area (Å²) in [5.74, 6) is 0.171. The molecule has 2 rings (SSSR count). The van der Waals surface area contributed by atoms with E-state index in [1.54, 1.807) is 0 Å². The van der Waals surface area contributed by atoms with Gasteiger partial charge in [-0.3, -0.25) is 9.59 Å². The fourth-order valence-electron chi connectivity index (χ4n) is 2.73. The Morgan fingerprint density at radius 2 is 1.76 bits per heavy atom. The van der Waals surface area contributed by atoms with Gasteiger partial charge in [0.05, 0.1) is 6.04 Å². The third kappa shape index (κ3) is 5.87. The molecular weight excluding hydrogens is 314 g/mol. The SMILES string of the molecule is CC(C)CC(=O)NCCC(=O)NC(CN)c1ccc2ccccc2c1. The first-order valence-electron chi connectivity index (χ1n) is 8.74. The van der Waals surface area contributed by atoms with Crippen LogP contribution < -0.4 is 16.4 Å². The van der Waals surface area contributed by atoms with E-state index in [0.717, 1.165) is 16.3 Å². The zero-order valence-corrected chi connectivity index (χ0v) is 14.9. The smallest absolute Gasteiger partial charge is 0.222 e. The lowest BCUT2D eigenvalue weighted by Crippen LogP contribution is -2.36. The van der Waals surface area contributed by atoms with Gasteiger partial charge in [-0.1, -0.05) is 50.2 Å². The monoisotopic (exact) mass is 341 g/mol. The van der Waals surface area contributed by atoms with Gasteiger partial charge in [-0.15, -0.1) is 0 Å². The molecule has 1 unspecified atom stereocenters. The van der Waals surface area contributed by atoms with Gasteiger partial charge in [0.15, 0.2) is 0 Å². The Bertz CT molecular complexity index is 728. The number of nitrogens with one attached hydrogen (secondary N) is 2. The predicted molar refractivity (Wildman–Crippen MR) is 101 cm³/mol. The van der Waals surface area contributed by atoms with E-state index >= 15 is 0 Å². The highest BCUT2D eigenvalue weighted by atomic mass is 16.2. The topological polar surface area (TPSA) is 84.2 Å². The molecule has 2 amide bonds. The summed E-state index contributed by atoms with van der Waals surface area (Å²) in [6, 6.07) is 13.9. The summed E-state index contributed by atoms with van der Waals surface area (Å²) >= 11 is 0. The van der Waals surface area contributed by atoms with Crippen LogP contribution in [0.2, 0.25) is 0 Å². The van der Waals surface area contributed by atoms with Crippen molar-refractivity contribution in [3.05, 3.63) is 48.0 Å². The Morgan fingerprint density at radius 1 is 1.04 bits per heavy atom. The van der Waals surface area contributed by atoms with Crippen molar-refractivity contribution in [2.45, 2.75) is 32.7 Å². The standard InChI is InChI=1S/C20H27N3O2/c1-14(2)11-20(25)22-10-9-19(24)23-18(13-21)17-8-7-15-5-3-4-6-16(15)12-17/h3-8,12,14,18H,9-11,13,21H2,1-2H3,(H,22,25)(H,23,24). The molecule has 0 aromatic heterocycles. The van der Waals surface area contributed by atoms with Gasteiger partial charge in [0.1, 0.15) is 0 Å². The Morgan fingerprint density at radius 3 is 2.44 bits per heavy atom. The first-order chi connectivity index (χ1) is 12.0. The van der Waals surface area contributed by atoms with Crippen LogP contribution >= 0.6 is 0 Å². The van der Waals surface area contributed by atoms with Crippen molar-refractivity contribution in [2.24, 2.45) is 11.7 Å². The first-order valence-corrected chi connectivity index (χ1v) is 8.74. The minimum absolute atomic E-state index is 0.0206. The van der Waals surface area contributed by atoms with Crippen molar-refractivity contribution in [3.63, 3.8) is 0 Å². The van der Waals surface area contributed by atoms with E-state index in [2.05, 4.69) is 22.8 Å². The molecular formula is C20H27N3O2. The third-order valence-electron chi connectivity index (χ3n) is 4.01. The minimum Gasteiger partial charge on any atom is -0.356 e. The summed E-state index contributed by atoms with van der Waals surface area (Å²) in [5.41, 5.74) is 6.83. The maximum Gasteiger partial charge on any atom is 0.222 e. The number of hydrogen-bond acceptors (Lipinski definition) is 3. The quantitative estimate of drug-likeness (QED) is 0.690. The summed E-state index contributed by atoms with van der Waals surface area (Å²) in [6.07, 6.45) is 0.720. The second-order valence-corrected chi connectivity index (χ2v) is 6.66. The van der Waals surface area contributed by atoms with Crippen LogP contribution in [-0.4, -0.2) is 24.9 Å². The lowest BCUT2D eigenvalue weighted by atomic mass is 10.0. The van der Waals surface area contributed by atoms with E-state index < -0.39 is 0 Å². The highest BCUT2D eigenvalue weighted by molar-refractivity contribution is 5.83. The fraction of sp³-hybridized carbons (Fsp3) is 0.400. The molecule has 0 saturated heterocycles. The van der Waals surface area contributed by atoms with Crippen molar-refractivity contribution in [1.29, 1.82) is 0 Å². The van der Waals surface area contributed by atoms with Crippen LogP contribution in [0, 0.1) is 5.92 Å². The lowest BCUT2D eigenvalue weighted by molar-refractivity contribution is -0.123. The number of rotatable bonds is 8. The van der Waals surface area contributed by atoms with Crippen LogP contribution in [0.15, 0.2) is 42.5 Å². The minimum atomic E-state index is -0.233. The summed E-state index contributed by atoms with van der Waals surface area (Å²) in [5, 5.41) is 7.99. The zero-order valence-electron chi connectivity index (χ0n) is 14.9. The van der Waals surface area contributed by atoms with Crippen LogP contribution in [-0.2, 0) is 9.59 Å². The van der Waals surface area contributed by atoms with E-state index in [0.29, 0.717) is 25.4 Å². The second kappa shape index (κ2) is 9.18. The van der Waals surface area contributed by atoms with Gasteiger partial charge in [0.25, 0.3) is 0 Å². The van der Waals surface area contributed by atoms with Gasteiger partial charge in [0.2, 0.25) is 11.8 Å². The summed E-state index contributed by atoms with van der Waals surface area (Å²) < 4.78 is 0. The van der Waals surface area contributed by atoms with E-state index in [1.165, 1.54) is 0 Å². The molecule has 0 radical (unpaired) electrons. The van der Waals surface area contributed by atoms with Crippen LogP contribution in [0.1, 0.15) is 38.3 Å². The molecule has 0 heterocycles. The number of nitrogens with two attached hydrogens (primary N) is 1. The summed E-state index contributed by atoms with van der Waals surface area (Å²) in [6.45, 7) is 4.64. The Labute approximate surface area is 149 Å². The average Bonchev–Trinajstić information content (AvgIpc) is 2.58. The highest BCUT2D eigenvalue weighted by Crippen LogP contribution is 2.20. The number of carbonyl (C=O) groups is 2. The molecule has 0 saturated carbocycles. The zero-order chi connectivity index (χ0) is 18.2. The fourth-order valence-corrected chi connectivity index (χ4v) is 2.73. The van der Waals surface area contributed by atoms with Crippen molar-refractivity contribution in [3.8, 4) is 0 Å². The molecule has 0 aliphatic rings. The first kappa shape index (κ1) is 18.9. The number of hydrogen-bond donors (Lipinski definition) is 3. The number of carbonyl (C=O) groups excluding carboxylic acids is 2. The molecule has 0 aliphatic carbocycles. The maximum absolute atomic E-state index is 12.1. The molecule has 0 spiro atoms. The maximum atomic E-state index is 12.1. The van der Waals surface area contributed by atoms with Crippen LogP contribution in [0.4, 0.5) is 0 Å². The summed E-state index contributed by atoms with van der Waals surface area (Å²) in [4.78, 5) is 23.7. The van der Waals surface area contributed by atoms with Gasteiger partial charge < -0.3 is 16.4 Å². The van der Waals surface area contributed by atoms with Gasteiger partial charge in [-0.25, -0.2) is 0 Å². The number of amides is 2. The molecule has 2 aromatic carbocycles. The molecule has 1 atom stereocenters. The highest BCUT2D eigenvalue weighted by Gasteiger charge is 2.14. The van der Waals surface area contributed by atoms with Gasteiger partial charge in [0, 0.05) is 25.9 Å². The molecule has 0 aliphatic heterocycles. The number of benzene rings is 2. The van der Waals surface area contributed by atoms with Crippen LogP contribution in [0.5, 0.6) is 0 Å². The van der Waals surface area contributed by atoms with Crippen molar-refractivity contribution < 1.29 is 9.59 Å². The lowest BCUT2D eigenvalue weighted by Gasteiger charge is -2.18. The third-order valence-corrected chi connectivity index (χ3v) is 4.01. The molecule has 5 heteroatoms. The summed E-state index contributed by atoms with van der Waals surface area (Å²) in [7, 11) is 0. The van der Waals surface area contributed by atoms with Crippen LogP contribution in [0.3, 0.4) is 0 Å². The van der Waals surface area contributed by atoms with Crippen molar-refractivity contribution in [1.82, 2.24) is 10.6 Å². The van der Waals surface area contributed by atoms with Crippen molar-refractivity contribution >= 4 is 22.6 Å². The molecule has 5 nitrogen and oxygen atoms in total. The molecule has 4 N–H and O–H groups in total. The Kier molecular flexibility index (Phi) is 6.95. The van der Waals surface area contributed by atoms with Gasteiger partial charge in [-0.05, 0) is 28.3 Å². The number of fused-ring (bicyclic) bond motifs is 1. The van der Waals surface area contributed by atoms with E-state index in [4.69, 9.17) is 5.73 Å². The normalized spacial score (nSPS) is 12.2. The van der Waals surface area contributed by atoms with E-state index in [-0.39, 0.29) is 24.3 Å². The molecule has 2 aromatic rings. The van der Waals surface area contributed by atoms with Gasteiger partial charge in [-0.2, -0.15) is 0 Å². The van der Waals surface area contributed by atoms with Gasteiger partial charge >= 0.3 is 0 Å². The largest absolute Gasteiger partial charge is 0.356 e. The Balaban J connectivity index is 1.89. The predicted octanol–water partition coefficient (Wildman–Crippen LogP) is 2.51. The molecule has 25 heavy (non-hydrogen) atoms. The Hall–Kier alpha value is -2.40. The molecule has 134 valence electrons. The average molecular weight is 341 g/mol. The molecule has 0 fully saturated rings. The van der Waals surface area contributed by atoms with E-state index in [1.807, 2.05) is 44.2 Å². The molecule has 0 bridgehead atoms. The van der Waals surface area contributed by atoms with Crippen molar-refractivity contribution in [2.75, 3.05) is 13.1 Å². The van der Waals surface area contributed by atoms with Crippen LogP contribution in [0.25, 0.3) is 10.8 Å².